The molecule has 0 fully saturated rings. The molecule has 110 valence electrons. The van der Waals surface area contributed by atoms with Gasteiger partial charge < -0.3 is 14.6 Å². The van der Waals surface area contributed by atoms with Crippen LogP contribution in [0.2, 0.25) is 0 Å². The Kier molecular flexibility index (Phi) is 6.52. The second-order valence-electron chi connectivity index (χ2n) is 5.14. The first-order valence-corrected chi connectivity index (χ1v) is 7.38. The van der Waals surface area contributed by atoms with Crippen LogP contribution >= 0.6 is 0 Å². The lowest BCUT2D eigenvalue weighted by Crippen LogP contribution is -2.53. The maximum Gasteiger partial charge on any atom is 0.110 e. The molecule has 0 spiro atoms. The van der Waals surface area contributed by atoms with Gasteiger partial charge in [-0.3, -0.25) is 0 Å². The van der Waals surface area contributed by atoms with Gasteiger partial charge in [-0.2, -0.15) is 0 Å². The molecule has 0 amide bonds. The summed E-state index contributed by atoms with van der Waals surface area (Å²) in [6, 6.07) is 0.300. The van der Waals surface area contributed by atoms with Gasteiger partial charge in [0.2, 0.25) is 0 Å². The lowest BCUT2D eigenvalue weighted by molar-refractivity contribution is -0.0477. The van der Waals surface area contributed by atoms with E-state index in [1.165, 1.54) is 0 Å². The third-order valence-corrected chi connectivity index (χ3v) is 4.19. The van der Waals surface area contributed by atoms with E-state index in [-0.39, 0.29) is 5.60 Å². The molecule has 0 radical (unpaired) electrons. The molecule has 0 aliphatic heterocycles. The average Bonchev–Trinajstić information content (AvgIpc) is 2.83. The number of aromatic nitrogens is 2. The van der Waals surface area contributed by atoms with Crippen molar-refractivity contribution in [2.45, 2.75) is 58.1 Å². The number of aryl methyl sites for hydroxylation is 1. The number of rotatable bonds is 9. The number of ether oxygens (including phenoxy) is 1. The van der Waals surface area contributed by atoms with Gasteiger partial charge in [0, 0.05) is 39.0 Å². The maximum absolute atomic E-state index is 5.88. The first-order valence-electron chi connectivity index (χ1n) is 7.38. The average molecular weight is 267 g/mol. The molecule has 0 aliphatic rings. The zero-order valence-corrected chi connectivity index (χ0v) is 13.1. The summed E-state index contributed by atoms with van der Waals surface area (Å²) < 4.78 is 7.97. The molecule has 0 bridgehead atoms. The quantitative estimate of drug-likeness (QED) is 0.747. The Balaban J connectivity index is 2.89. The number of hydrogen-bond acceptors (Lipinski definition) is 3. The zero-order chi connectivity index (χ0) is 14.3. The number of hydrogen-bond donors (Lipinski definition) is 1. The molecule has 0 aromatic carbocycles. The highest BCUT2D eigenvalue weighted by molar-refractivity contribution is 5.01. The van der Waals surface area contributed by atoms with Crippen LogP contribution in [0.25, 0.3) is 0 Å². The van der Waals surface area contributed by atoms with E-state index >= 15 is 0 Å². The fourth-order valence-electron chi connectivity index (χ4n) is 2.71. The van der Waals surface area contributed by atoms with Crippen molar-refractivity contribution in [3.63, 3.8) is 0 Å². The largest absolute Gasteiger partial charge is 0.377 e. The topological polar surface area (TPSA) is 39.1 Å². The molecule has 1 unspecified atom stereocenters. The van der Waals surface area contributed by atoms with E-state index in [0.717, 1.165) is 38.1 Å². The summed E-state index contributed by atoms with van der Waals surface area (Å²) in [7, 11) is 3.87. The summed E-state index contributed by atoms with van der Waals surface area (Å²) in [5.74, 6) is 1.11. The van der Waals surface area contributed by atoms with Crippen LogP contribution in [0.5, 0.6) is 0 Å². The van der Waals surface area contributed by atoms with Crippen LogP contribution in [-0.2, 0) is 18.2 Å². The summed E-state index contributed by atoms with van der Waals surface area (Å²) in [5.41, 5.74) is -0.110. The Bertz CT molecular complexity index is 350. The summed E-state index contributed by atoms with van der Waals surface area (Å²) in [6.45, 7) is 7.61. The normalized spacial score (nSPS) is 13.7. The molecule has 1 rings (SSSR count). The minimum Gasteiger partial charge on any atom is -0.377 e. The number of nitrogens with one attached hydrogen (secondary N) is 1. The molecule has 0 aliphatic carbocycles. The Labute approximate surface area is 117 Å². The van der Waals surface area contributed by atoms with Gasteiger partial charge in [0.25, 0.3) is 0 Å². The van der Waals surface area contributed by atoms with Crippen LogP contribution in [0.15, 0.2) is 12.4 Å². The minimum absolute atomic E-state index is 0.110. The van der Waals surface area contributed by atoms with Crippen molar-refractivity contribution < 1.29 is 4.74 Å². The predicted molar refractivity (Wildman–Crippen MR) is 79.3 cm³/mol. The summed E-state index contributed by atoms with van der Waals surface area (Å²) in [4.78, 5) is 4.45. The maximum atomic E-state index is 5.88. The van der Waals surface area contributed by atoms with Crippen LogP contribution in [0.1, 0.15) is 45.9 Å². The lowest BCUT2D eigenvalue weighted by atomic mass is 9.85. The summed E-state index contributed by atoms with van der Waals surface area (Å²) >= 11 is 0. The van der Waals surface area contributed by atoms with Crippen LogP contribution in [-0.4, -0.2) is 34.8 Å². The lowest BCUT2D eigenvalue weighted by Gasteiger charge is -2.39. The molecule has 0 saturated heterocycles. The van der Waals surface area contributed by atoms with Gasteiger partial charge in [-0.1, -0.05) is 20.8 Å². The molecule has 4 nitrogen and oxygen atoms in total. The van der Waals surface area contributed by atoms with E-state index < -0.39 is 0 Å². The Hall–Kier alpha value is -0.870. The minimum atomic E-state index is -0.110. The van der Waals surface area contributed by atoms with E-state index in [4.69, 9.17) is 4.74 Å². The summed E-state index contributed by atoms with van der Waals surface area (Å²) in [6.07, 6.45) is 7.90. The van der Waals surface area contributed by atoms with Crippen molar-refractivity contribution in [3.05, 3.63) is 18.2 Å². The molecular weight excluding hydrogens is 238 g/mol. The number of imidazole rings is 1. The van der Waals surface area contributed by atoms with Crippen molar-refractivity contribution in [3.8, 4) is 0 Å². The van der Waals surface area contributed by atoms with Crippen LogP contribution < -0.4 is 5.32 Å². The van der Waals surface area contributed by atoms with Gasteiger partial charge in [-0.25, -0.2) is 4.98 Å². The second-order valence-corrected chi connectivity index (χ2v) is 5.14. The van der Waals surface area contributed by atoms with Crippen molar-refractivity contribution in [2.75, 3.05) is 13.7 Å². The second kappa shape index (κ2) is 7.65. The molecule has 1 heterocycles. The van der Waals surface area contributed by atoms with E-state index in [1.807, 2.05) is 26.6 Å². The zero-order valence-electron chi connectivity index (χ0n) is 13.1. The van der Waals surface area contributed by atoms with E-state index in [1.54, 1.807) is 0 Å². The predicted octanol–water partition coefficient (Wildman–Crippen LogP) is 2.54. The van der Waals surface area contributed by atoms with E-state index in [2.05, 4.69) is 35.6 Å². The SMILES string of the molecule is CCCNC(Cc1nccn1C)C(CC)(CC)OC. The standard InChI is InChI=1S/C15H29N3O/c1-6-9-16-13(15(7-2,8-3)19-5)12-14-17-10-11-18(14)4/h10-11,13,16H,6-9,12H2,1-5H3. The monoisotopic (exact) mass is 267 g/mol. The highest BCUT2D eigenvalue weighted by atomic mass is 16.5. The molecule has 1 aromatic rings. The highest BCUT2D eigenvalue weighted by Crippen LogP contribution is 2.26. The Morgan fingerprint density at radius 1 is 1.37 bits per heavy atom. The van der Waals surface area contributed by atoms with Gasteiger partial charge in [-0.15, -0.1) is 0 Å². The van der Waals surface area contributed by atoms with Gasteiger partial charge in [0.15, 0.2) is 0 Å². The third kappa shape index (κ3) is 3.80. The fraction of sp³-hybridized carbons (Fsp3) is 0.800. The molecule has 19 heavy (non-hydrogen) atoms. The molecule has 1 aromatic heterocycles. The number of methoxy groups -OCH3 is 1. The molecule has 4 heteroatoms. The first-order chi connectivity index (χ1) is 9.13. The first kappa shape index (κ1) is 16.2. The van der Waals surface area contributed by atoms with Crippen LogP contribution in [0.4, 0.5) is 0 Å². The van der Waals surface area contributed by atoms with Crippen molar-refractivity contribution in [2.24, 2.45) is 7.05 Å². The Morgan fingerprint density at radius 3 is 2.47 bits per heavy atom. The molecular formula is C15H29N3O. The van der Waals surface area contributed by atoms with E-state index in [0.29, 0.717) is 6.04 Å². The highest BCUT2D eigenvalue weighted by Gasteiger charge is 2.36. The molecule has 0 saturated carbocycles. The van der Waals surface area contributed by atoms with Crippen molar-refractivity contribution in [1.82, 2.24) is 14.9 Å². The molecule has 1 N–H and O–H groups in total. The number of nitrogens with zero attached hydrogens (tertiary/aromatic N) is 2. The van der Waals surface area contributed by atoms with Gasteiger partial charge in [0.05, 0.1) is 5.60 Å². The van der Waals surface area contributed by atoms with Gasteiger partial charge in [-0.05, 0) is 25.8 Å². The van der Waals surface area contributed by atoms with Gasteiger partial charge >= 0.3 is 0 Å². The Morgan fingerprint density at radius 2 is 2.05 bits per heavy atom. The van der Waals surface area contributed by atoms with Gasteiger partial charge in [0.1, 0.15) is 5.82 Å². The smallest absolute Gasteiger partial charge is 0.110 e. The summed E-state index contributed by atoms with van der Waals surface area (Å²) in [5, 5.41) is 3.65. The van der Waals surface area contributed by atoms with Crippen molar-refractivity contribution in [1.29, 1.82) is 0 Å². The van der Waals surface area contributed by atoms with Crippen LogP contribution in [0.3, 0.4) is 0 Å². The van der Waals surface area contributed by atoms with Crippen LogP contribution in [0, 0.1) is 0 Å². The molecule has 1 atom stereocenters. The van der Waals surface area contributed by atoms with E-state index in [9.17, 15) is 0 Å². The third-order valence-electron chi connectivity index (χ3n) is 4.19. The van der Waals surface area contributed by atoms with Crippen molar-refractivity contribution >= 4 is 0 Å². The fourth-order valence-corrected chi connectivity index (χ4v) is 2.71.